The molecule has 0 aliphatic carbocycles. The van der Waals surface area contributed by atoms with Gasteiger partial charge in [0.2, 0.25) is 11.8 Å². The molecule has 0 radical (unpaired) electrons. The first-order valence-electron chi connectivity index (χ1n) is 21.7. The number of aromatic amines is 2. The molecule has 2 aliphatic rings. The molecule has 2 saturated heterocycles. The summed E-state index contributed by atoms with van der Waals surface area (Å²) in [5, 5.41) is 17.2. The number of ether oxygens (including phenoxy) is 2. The minimum Gasteiger partial charge on any atom is -0.493 e. The normalized spacial score (nSPS) is 18.9. The van der Waals surface area contributed by atoms with Crippen LogP contribution < -0.4 is 15.4 Å². The number of alkyl carbamates (subject to hydrolysis) is 1. The van der Waals surface area contributed by atoms with Gasteiger partial charge in [-0.05, 0) is 84.5 Å². The Labute approximate surface area is 359 Å². The summed E-state index contributed by atoms with van der Waals surface area (Å²) >= 11 is 0. The lowest BCUT2D eigenvalue weighted by Crippen LogP contribution is -2.52. The van der Waals surface area contributed by atoms with Crippen LogP contribution in [0.4, 0.5) is 4.79 Å². The molecule has 3 aromatic carbocycles. The third-order valence-corrected chi connectivity index (χ3v) is 15.0. The first-order valence-corrected chi connectivity index (χ1v) is 25.2. The molecule has 0 unspecified atom stereocenters. The standard InChI is InChI=1S/C46H62N8O6Si/c1-9-19-60-39-21-30(13-16-33(39)35-22-47-43(50-35)38-25-61(7,8)26-54(38)45(57)41(28(4)5)52-46(58)59-6)29-12-15-32-31(20-29)14-17-34-42(32)51-44(49-34)37-11-10-18-53(37)23-36(27(2)3)48-40(56)24-55/h12-17,20-22,27-28,36-38,41,55H,9-11,18-19,23-26H2,1-8H3,(H,47,50)(H,48,56)(H,49,51)(H,52,58)/t36-,37+,38+,41+/m1/s1. The number of hydrogen-bond acceptors (Lipinski definition) is 9. The molecule has 0 saturated carbocycles. The Morgan fingerprint density at radius 3 is 2.46 bits per heavy atom. The molecule has 4 atom stereocenters. The van der Waals surface area contributed by atoms with Gasteiger partial charge in [0, 0.05) is 29.7 Å². The number of aromatic nitrogens is 4. The average Bonchev–Trinajstić information content (AvgIpc) is 4.06. The third kappa shape index (κ3) is 9.48. The van der Waals surface area contributed by atoms with Crippen LogP contribution >= 0.6 is 0 Å². The lowest BCUT2D eigenvalue weighted by molar-refractivity contribution is -0.135. The monoisotopic (exact) mass is 850 g/mol. The van der Waals surface area contributed by atoms with Crippen molar-refractivity contribution in [2.75, 3.05) is 39.6 Å². The number of likely N-dealkylation sites (tertiary alicyclic amines) is 1. The van der Waals surface area contributed by atoms with E-state index in [1.165, 1.54) is 7.11 Å². The molecule has 4 heterocycles. The zero-order valence-electron chi connectivity index (χ0n) is 36.8. The van der Waals surface area contributed by atoms with E-state index >= 15 is 0 Å². The van der Waals surface area contributed by atoms with E-state index in [0.29, 0.717) is 19.3 Å². The number of aliphatic hydroxyl groups excluding tert-OH is 1. The van der Waals surface area contributed by atoms with E-state index in [9.17, 15) is 19.5 Å². The van der Waals surface area contributed by atoms with Gasteiger partial charge >= 0.3 is 6.09 Å². The molecule has 5 N–H and O–H groups in total. The van der Waals surface area contributed by atoms with Crippen LogP contribution in [0, 0.1) is 11.8 Å². The van der Waals surface area contributed by atoms with Crippen molar-refractivity contribution >= 4 is 47.8 Å². The Bertz CT molecular complexity index is 2370. The van der Waals surface area contributed by atoms with E-state index < -0.39 is 26.8 Å². The summed E-state index contributed by atoms with van der Waals surface area (Å²) in [5.74, 6) is 2.03. The van der Waals surface area contributed by atoms with Crippen LogP contribution in [-0.4, -0.2) is 112 Å². The fraction of sp³-hybridized carbons (Fsp3) is 0.500. The first-order chi connectivity index (χ1) is 29.2. The Morgan fingerprint density at radius 1 is 0.967 bits per heavy atom. The van der Waals surface area contributed by atoms with Gasteiger partial charge in [-0.3, -0.25) is 14.5 Å². The summed E-state index contributed by atoms with van der Waals surface area (Å²) in [6.07, 6.45) is 4.75. The van der Waals surface area contributed by atoms with E-state index in [1.54, 1.807) is 0 Å². The largest absolute Gasteiger partial charge is 0.493 e. The summed E-state index contributed by atoms with van der Waals surface area (Å²) in [6.45, 7) is 16.3. The summed E-state index contributed by atoms with van der Waals surface area (Å²) < 4.78 is 11.2. The maximum Gasteiger partial charge on any atom is 0.407 e. The zero-order chi connectivity index (χ0) is 43.6. The highest BCUT2D eigenvalue weighted by Crippen LogP contribution is 2.41. The molecule has 0 spiro atoms. The van der Waals surface area contributed by atoms with Crippen molar-refractivity contribution in [1.29, 1.82) is 0 Å². The molecule has 61 heavy (non-hydrogen) atoms. The van der Waals surface area contributed by atoms with Gasteiger partial charge in [-0.1, -0.05) is 72.0 Å². The Morgan fingerprint density at radius 2 is 1.74 bits per heavy atom. The topological polar surface area (TPSA) is 178 Å². The van der Waals surface area contributed by atoms with Gasteiger partial charge in [0.05, 0.1) is 56.8 Å². The lowest BCUT2D eigenvalue weighted by Gasteiger charge is -2.30. The lowest BCUT2D eigenvalue weighted by atomic mass is 9.98. The van der Waals surface area contributed by atoms with Crippen LogP contribution in [0.3, 0.4) is 0 Å². The molecular formula is C46H62N8O6Si. The number of imidazole rings is 2. The van der Waals surface area contributed by atoms with Gasteiger partial charge in [0.15, 0.2) is 0 Å². The van der Waals surface area contributed by atoms with E-state index in [-0.39, 0.29) is 41.8 Å². The van der Waals surface area contributed by atoms with E-state index in [1.807, 2.05) is 24.9 Å². The number of aliphatic hydroxyl groups is 1. The van der Waals surface area contributed by atoms with Crippen LogP contribution in [0.25, 0.3) is 44.2 Å². The van der Waals surface area contributed by atoms with Crippen LogP contribution in [0.1, 0.15) is 77.6 Å². The fourth-order valence-electron chi connectivity index (χ4n) is 8.96. The fourth-order valence-corrected chi connectivity index (χ4v) is 11.9. The maximum atomic E-state index is 14.0. The van der Waals surface area contributed by atoms with Crippen LogP contribution in [-0.2, 0) is 14.3 Å². The van der Waals surface area contributed by atoms with E-state index in [2.05, 4.69) is 108 Å². The number of nitrogens with one attached hydrogen (secondary N) is 4. The minimum atomic E-state index is -1.79. The predicted molar refractivity (Wildman–Crippen MR) is 241 cm³/mol. The Balaban J connectivity index is 1.14. The van der Waals surface area contributed by atoms with Gasteiger partial charge in [-0.2, -0.15) is 0 Å². The number of amides is 3. The predicted octanol–water partition coefficient (Wildman–Crippen LogP) is 7.34. The number of hydrogen-bond donors (Lipinski definition) is 5. The molecule has 7 rings (SSSR count). The second kappa shape index (κ2) is 18.4. The number of nitrogens with zero attached hydrogens (tertiary/aromatic N) is 4. The van der Waals surface area contributed by atoms with Crippen molar-refractivity contribution in [3.05, 3.63) is 66.4 Å². The van der Waals surface area contributed by atoms with E-state index in [0.717, 1.165) is 93.4 Å². The molecule has 5 aromatic rings. The molecule has 2 aromatic heterocycles. The summed E-state index contributed by atoms with van der Waals surface area (Å²) in [6, 6.07) is 16.9. The minimum absolute atomic E-state index is 0.0706. The quantitative estimate of drug-likeness (QED) is 0.0675. The van der Waals surface area contributed by atoms with Gasteiger partial charge in [0.25, 0.3) is 0 Å². The number of methoxy groups -OCH3 is 1. The van der Waals surface area contributed by atoms with Crippen LogP contribution in [0.15, 0.2) is 54.7 Å². The summed E-state index contributed by atoms with van der Waals surface area (Å²) in [7, 11) is -0.487. The molecular weight excluding hydrogens is 789 g/mol. The summed E-state index contributed by atoms with van der Waals surface area (Å²) in [4.78, 5) is 59.8. The number of rotatable bonds is 15. The number of carbonyl (C=O) groups excluding carboxylic acids is 3. The van der Waals surface area contributed by atoms with Crippen molar-refractivity contribution in [3.63, 3.8) is 0 Å². The van der Waals surface area contributed by atoms with Crippen molar-refractivity contribution in [3.8, 4) is 28.1 Å². The maximum absolute atomic E-state index is 14.0. The molecule has 0 bridgehead atoms. The number of H-pyrrole nitrogens is 2. The first kappa shape index (κ1) is 43.8. The SMILES string of the molecule is CCCOc1cc(-c2ccc3c(ccc4[nH]c([C@@H]5CCCN5C[C@@H](NC(=O)CO)C(C)C)nc43)c2)ccc1-c1cnc([C@@H]2C[Si](C)(C)CN2C(=O)[C@@H](NC(=O)OC)C(C)C)[nH]1. The van der Waals surface area contributed by atoms with Crippen LogP contribution in [0.2, 0.25) is 19.1 Å². The third-order valence-electron chi connectivity index (χ3n) is 12.3. The molecule has 2 fully saturated rings. The molecule has 2 aliphatic heterocycles. The van der Waals surface area contributed by atoms with E-state index in [4.69, 9.17) is 19.4 Å². The second-order valence-electron chi connectivity index (χ2n) is 18.2. The van der Waals surface area contributed by atoms with Gasteiger partial charge in [0.1, 0.15) is 30.0 Å². The average molecular weight is 851 g/mol. The smallest absolute Gasteiger partial charge is 0.407 e. The van der Waals surface area contributed by atoms with Crippen molar-refractivity contribution in [1.82, 2.24) is 40.4 Å². The Kier molecular flexibility index (Phi) is 13.2. The highest BCUT2D eigenvalue weighted by molar-refractivity contribution is 6.78. The van der Waals surface area contributed by atoms with Crippen molar-refractivity contribution < 1.29 is 29.0 Å². The second-order valence-corrected chi connectivity index (χ2v) is 23.3. The number of fused-ring (bicyclic) bond motifs is 3. The Hall–Kier alpha value is -5.25. The highest BCUT2D eigenvalue weighted by Gasteiger charge is 2.46. The van der Waals surface area contributed by atoms with Crippen LogP contribution in [0.5, 0.6) is 5.75 Å². The zero-order valence-corrected chi connectivity index (χ0v) is 37.8. The number of benzene rings is 3. The van der Waals surface area contributed by atoms with Crippen molar-refractivity contribution in [2.24, 2.45) is 11.8 Å². The van der Waals surface area contributed by atoms with Gasteiger partial charge in [-0.15, -0.1) is 0 Å². The number of carbonyl (C=O) groups is 3. The molecule has 14 nitrogen and oxygen atoms in total. The molecule has 3 amide bonds. The van der Waals surface area contributed by atoms with Crippen molar-refractivity contribution in [2.45, 2.75) is 97.2 Å². The van der Waals surface area contributed by atoms with Gasteiger partial charge in [-0.25, -0.2) is 14.8 Å². The molecule has 15 heteroatoms. The summed E-state index contributed by atoms with van der Waals surface area (Å²) in [5.41, 5.74) is 5.70. The highest BCUT2D eigenvalue weighted by atomic mass is 28.3. The molecule has 326 valence electrons. The van der Waals surface area contributed by atoms with Gasteiger partial charge < -0.3 is 40.1 Å².